The molecule has 1 unspecified atom stereocenters. The van der Waals surface area contributed by atoms with E-state index in [0.29, 0.717) is 13.1 Å². The fourth-order valence-electron chi connectivity index (χ4n) is 2.43. The van der Waals surface area contributed by atoms with Crippen LogP contribution in [0, 0.1) is 0 Å². The molecule has 1 aromatic carbocycles. The van der Waals surface area contributed by atoms with Crippen molar-refractivity contribution in [2.24, 2.45) is 0 Å². The normalized spacial score (nSPS) is 22.3. The van der Waals surface area contributed by atoms with Crippen LogP contribution < -0.4 is 10.6 Å². The largest absolute Gasteiger partial charge is 0.416 e. The Bertz CT molecular complexity index is 505. The third-order valence-corrected chi connectivity index (χ3v) is 3.48. The predicted molar refractivity (Wildman–Crippen MR) is 70.7 cm³/mol. The Morgan fingerprint density at radius 1 is 1.38 bits per heavy atom. The SMILES string of the molecule is CO[C@H]1CNCC1NC(=O)Cc1ccccc1C(F)(F)F. The summed E-state index contributed by atoms with van der Waals surface area (Å²) in [6.45, 7) is 1.16. The van der Waals surface area contributed by atoms with Crippen LogP contribution in [-0.4, -0.2) is 38.3 Å². The number of alkyl halides is 3. The summed E-state index contributed by atoms with van der Waals surface area (Å²) in [5.74, 6) is -0.442. The van der Waals surface area contributed by atoms with Gasteiger partial charge in [0.15, 0.2) is 0 Å². The maximum absolute atomic E-state index is 12.9. The van der Waals surface area contributed by atoms with Crippen molar-refractivity contribution >= 4 is 5.91 Å². The van der Waals surface area contributed by atoms with Crippen molar-refractivity contribution in [1.29, 1.82) is 0 Å². The molecule has 21 heavy (non-hydrogen) atoms. The monoisotopic (exact) mass is 302 g/mol. The Balaban J connectivity index is 2.03. The van der Waals surface area contributed by atoms with E-state index >= 15 is 0 Å². The number of benzene rings is 1. The van der Waals surface area contributed by atoms with Crippen LogP contribution in [0.3, 0.4) is 0 Å². The van der Waals surface area contributed by atoms with Crippen molar-refractivity contribution in [1.82, 2.24) is 10.6 Å². The Labute approximate surface area is 120 Å². The molecular weight excluding hydrogens is 285 g/mol. The maximum Gasteiger partial charge on any atom is 0.416 e. The number of amides is 1. The second kappa shape index (κ2) is 6.44. The van der Waals surface area contributed by atoms with Crippen molar-refractivity contribution in [3.05, 3.63) is 35.4 Å². The molecule has 1 aromatic rings. The number of carbonyl (C=O) groups is 1. The van der Waals surface area contributed by atoms with Gasteiger partial charge in [-0.2, -0.15) is 13.2 Å². The van der Waals surface area contributed by atoms with Crippen molar-refractivity contribution in [3.63, 3.8) is 0 Å². The highest BCUT2D eigenvalue weighted by molar-refractivity contribution is 5.79. The molecule has 0 aromatic heterocycles. The number of halogens is 3. The van der Waals surface area contributed by atoms with Gasteiger partial charge in [0.1, 0.15) is 0 Å². The van der Waals surface area contributed by atoms with Gasteiger partial charge in [-0.25, -0.2) is 0 Å². The average molecular weight is 302 g/mol. The molecule has 0 bridgehead atoms. The first kappa shape index (κ1) is 15.8. The zero-order valence-electron chi connectivity index (χ0n) is 11.5. The number of ether oxygens (including phenoxy) is 1. The lowest BCUT2D eigenvalue weighted by atomic mass is 10.0. The molecule has 2 rings (SSSR count). The summed E-state index contributed by atoms with van der Waals surface area (Å²) in [4.78, 5) is 11.9. The summed E-state index contributed by atoms with van der Waals surface area (Å²) in [6.07, 6.45) is -4.92. The molecule has 0 aliphatic carbocycles. The number of carbonyl (C=O) groups excluding carboxylic acids is 1. The third-order valence-electron chi connectivity index (χ3n) is 3.48. The average Bonchev–Trinajstić information content (AvgIpc) is 2.85. The molecule has 2 N–H and O–H groups in total. The quantitative estimate of drug-likeness (QED) is 0.883. The third kappa shape index (κ3) is 3.95. The molecule has 1 heterocycles. The second-order valence-corrected chi connectivity index (χ2v) is 4.94. The Morgan fingerprint density at radius 3 is 2.76 bits per heavy atom. The molecule has 1 aliphatic heterocycles. The van der Waals surface area contributed by atoms with E-state index < -0.39 is 17.6 Å². The summed E-state index contributed by atoms with van der Waals surface area (Å²) in [5.41, 5.74) is -0.796. The van der Waals surface area contributed by atoms with Gasteiger partial charge in [-0.3, -0.25) is 4.79 Å². The zero-order chi connectivity index (χ0) is 15.5. The fourth-order valence-corrected chi connectivity index (χ4v) is 2.43. The van der Waals surface area contributed by atoms with E-state index in [2.05, 4.69) is 10.6 Å². The predicted octanol–water partition coefficient (Wildman–Crippen LogP) is 1.35. The van der Waals surface area contributed by atoms with Crippen molar-refractivity contribution < 1.29 is 22.7 Å². The van der Waals surface area contributed by atoms with Gasteiger partial charge in [0.25, 0.3) is 0 Å². The molecule has 2 atom stereocenters. The van der Waals surface area contributed by atoms with Crippen LogP contribution in [0.15, 0.2) is 24.3 Å². The lowest BCUT2D eigenvalue weighted by Crippen LogP contribution is -2.44. The summed E-state index contributed by atoms with van der Waals surface area (Å²) >= 11 is 0. The van der Waals surface area contributed by atoms with E-state index in [1.807, 2.05) is 0 Å². The molecule has 116 valence electrons. The van der Waals surface area contributed by atoms with Crippen LogP contribution in [-0.2, 0) is 22.1 Å². The zero-order valence-corrected chi connectivity index (χ0v) is 11.5. The van der Waals surface area contributed by atoms with E-state index in [1.54, 1.807) is 0 Å². The van der Waals surface area contributed by atoms with E-state index in [-0.39, 0.29) is 24.1 Å². The Morgan fingerprint density at radius 2 is 2.10 bits per heavy atom. The van der Waals surface area contributed by atoms with Gasteiger partial charge in [-0.1, -0.05) is 18.2 Å². The molecule has 1 aliphatic rings. The summed E-state index contributed by atoms with van der Waals surface area (Å²) in [7, 11) is 1.54. The minimum absolute atomic E-state index is 0.0255. The van der Waals surface area contributed by atoms with Crippen LogP contribution in [0.4, 0.5) is 13.2 Å². The van der Waals surface area contributed by atoms with Crippen LogP contribution in [0.5, 0.6) is 0 Å². The first-order chi connectivity index (χ1) is 9.91. The molecule has 0 saturated carbocycles. The van der Waals surface area contributed by atoms with E-state index in [0.717, 1.165) is 6.07 Å². The highest BCUT2D eigenvalue weighted by atomic mass is 19.4. The Kier molecular flexibility index (Phi) is 4.84. The van der Waals surface area contributed by atoms with Gasteiger partial charge in [-0.15, -0.1) is 0 Å². The number of rotatable bonds is 4. The van der Waals surface area contributed by atoms with Gasteiger partial charge in [0, 0.05) is 20.2 Å². The summed E-state index contributed by atoms with van der Waals surface area (Å²) in [6, 6.07) is 4.89. The number of hydrogen-bond acceptors (Lipinski definition) is 3. The first-order valence-corrected chi connectivity index (χ1v) is 6.60. The minimum Gasteiger partial charge on any atom is -0.378 e. The van der Waals surface area contributed by atoms with E-state index in [1.165, 1.54) is 25.3 Å². The maximum atomic E-state index is 12.9. The van der Waals surface area contributed by atoms with Crippen molar-refractivity contribution in [2.75, 3.05) is 20.2 Å². The highest BCUT2D eigenvalue weighted by Crippen LogP contribution is 2.32. The molecule has 1 saturated heterocycles. The van der Waals surface area contributed by atoms with Crippen molar-refractivity contribution in [3.8, 4) is 0 Å². The molecular formula is C14H17F3N2O2. The van der Waals surface area contributed by atoms with Gasteiger partial charge in [0.05, 0.1) is 24.1 Å². The van der Waals surface area contributed by atoms with Crippen molar-refractivity contribution in [2.45, 2.75) is 24.7 Å². The molecule has 0 radical (unpaired) electrons. The number of methoxy groups -OCH3 is 1. The fraction of sp³-hybridized carbons (Fsp3) is 0.500. The highest BCUT2D eigenvalue weighted by Gasteiger charge is 2.34. The molecule has 1 fully saturated rings. The second-order valence-electron chi connectivity index (χ2n) is 4.94. The van der Waals surface area contributed by atoms with Gasteiger partial charge in [0.2, 0.25) is 5.91 Å². The molecule has 0 spiro atoms. The topological polar surface area (TPSA) is 50.4 Å². The lowest BCUT2D eigenvalue weighted by Gasteiger charge is -2.19. The van der Waals surface area contributed by atoms with E-state index in [9.17, 15) is 18.0 Å². The van der Waals surface area contributed by atoms with Gasteiger partial charge >= 0.3 is 6.18 Å². The van der Waals surface area contributed by atoms with Crippen LogP contribution >= 0.6 is 0 Å². The first-order valence-electron chi connectivity index (χ1n) is 6.60. The van der Waals surface area contributed by atoms with Crippen LogP contribution in [0.1, 0.15) is 11.1 Å². The summed E-state index contributed by atoms with van der Waals surface area (Å²) < 4.78 is 43.8. The van der Waals surface area contributed by atoms with E-state index in [4.69, 9.17) is 4.74 Å². The summed E-state index contributed by atoms with van der Waals surface area (Å²) in [5, 5.41) is 5.77. The van der Waals surface area contributed by atoms with Gasteiger partial charge in [-0.05, 0) is 11.6 Å². The van der Waals surface area contributed by atoms with Crippen LogP contribution in [0.25, 0.3) is 0 Å². The standard InChI is InChI=1S/C14H17F3N2O2/c1-21-12-8-18-7-11(12)19-13(20)6-9-4-2-3-5-10(9)14(15,16)17/h2-5,11-12,18H,6-8H2,1H3,(H,19,20)/t11?,12-/m0/s1. The number of hydrogen-bond donors (Lipinski definition) is 2. The number of nitrogens with one attached hydrogen (secondary N) is 2. The molecule has 4 nitrogen and oxygen atoms in total. The van der Waals surface area contributed by atoms with Crippen LogP contribution in [0.2, 0.25) is 0 Å². The van der Waals surface area contributed by atoms with Gasteiger partial charge < -0.3 is 15.4 Å². The lowest BCUT2D eigenvalue weighted by molar-refractivity contribution is -0.138. The smallest absolute Gasteiger partial charge is 0.378 e. The molecule has 1 amide bonds. The Hall–Kier alpha value is -1.60. The minimum atomic E-state index is -4.46. The molecule has 7 heteroatoms.